The minimum Gasteiger partial charge on any atom is -0.444 e. The Hall–Kier alpha value is -2.56. The van der Waals surface area contributed by atoms with Crippen molar-refractivity contribution < 1.29 is 9.53 Å². The SMILES string of the molecule is CN(c1ccccc1)c1ccc(CNC(=O)OC(C)(C)C)cn1. The number of ether oxygens (including phenoxy) is 1. The van der Waals surface area contributed by atoms with Crippen LogP contribution in [0.3, 0.4) is 0 Å². The van der Waals surface area contributed by atoms with Crippen LogP contribution in [0.4, 0.5) is 16.3 Å². The lowest BCUT2D eigenvalue weighted by Crippen LogP contribution is -2.32. The van der Waals surface area contributed by atoms with Crippen molar-refractivity contribution in [3.05, 3.63) is 54.2 Å². The van der Waals surface area contributed by atoms with E-state index in [2.05, 4.69) is 10.3 Å². The summed E-state index contributed by atoms with van der Waals surface area (Å²) < 4.78 is 5.20. The number of benzene rings is 1. The van der Waals surface area contributed by atoms with Crippen molar-refractivity contribution in [1.29, 1.82) is 0 Å². The van der Waals surface area contributed by atoms with E-state index in [0.717, 1.165) is 17.1 Å². The van der Waals surface area contributed by atoms with Crippen LogP contribution in [-0.2, 0) is 11.3 Å². The van der Waals surface area contributed by atoms with E-state index in [1.165, 1.54) is 0 Å². The lowest BCUT2D eigenvalue weighted by Gasteiger charge is -2.20. The molecule has 1 heterocycles. The van der Waals surface area contributed by atoms with Crippen LogP contribution in [0.2, 0.25) is 0 Å². The molecule has 1 aromatic carbocycles. The predicted octanol–water partition coefficient (Wildman–Crippen LogP) is 3.87. The molecule has 0 aliphatic carbocycles. The molecular formula is C18H23N3O2. The van der Waals surface area contributed by atoms with Gasteiger partial charge in [0.15, 0.2) is 0 Å². The fraction of sp³-hybridized carbons (Fsp3) is 0.333. The monoisotopic (exact) mass is 313 g/mol. The van der Waals surface area contributed by atoms with E-state index in [9.17, 15) is 4.79 Å². The third-order valence-electron chi connectivity index (χ3n) is 3.13. The fourth-order valence-corrected chi connectivity index (χ4v) is 1.99. The summed E-state index contributed by atoms with van der Waals surface area (Å²) in [6.45, 7) is 5.89. The van der Waals surface area contributed by atoms with Crippen molar-refractivity contribution in [3.63, 3.8) is 0 Å². The van der Waals surface area contributed by atoms with Crippen LogP contribution >= 0.6 is 0 Å². The predicted molar refractivity (Wildman–Crippen MR) is 91.8 cm³/mol. The van der Waals surface area contributed by atoms with Crippen LogP contribution in [0.15, 0.2) is 48.7 Å². The summed E-state index contributed by atoms with van der Waals surface area (Å²) in [6.07, 6.45) is 1.33. The number of hydrogen-bond acceptors (Lipinski definition) is 4. The first kappa shape index (κ1) is 16.8. The first-order chi connectivity index (χ1) is 10.8. The van der Waals surface area contributed by atoms with E-state index in [1.54, 1.807) is 6.20 Å². The molecule has 0 atom stereocenters. The smallest absolute Gasteiger partial charge is 0.407 e. The second kappa shape index (κ2) is 7.13. The van der Waals surface area contributed by atoms with E-state index < -0.39 is 11.7 Å². The average Bonchev–Trinajstić information content (AvgIpc) is 2.52. The van der Waals surface area contributed by atoms with E-state index in [0.29, 0.717) is 6.54 Å². The largest absolute Gasteiger partial charge is 0.444 e. The number of nitrogens with zero attached hydrogens (tertiary/aromatic N) is 2. The zero-order valence-electron chi connectivity index (χ0n) is 14.0. The summed E-state index contributed by atoms with van der Waals surface area (Å²) in [5.74, 6) is 0.845. The van der Waals surface area contributed by atoms with Gasteiger partial charge in [-0.3, -0.25) is 0 Å². The van der Waals surface area contributed by atoms with Crippen molar-refractivity contribution in [1.82, 2.24) is 10.3 Å². The van der Waals surface area contributed by atoms with Gasteiger partial charge in [0, 0.05) is 25.5 Å². The quantitative estimate of drug-likeness (QED) is 0.931. The van der Waals surface area contributed by atoms with E-state index in [4.69, 9.17) is 4.74 Å². The Labute approximate surface area is 137 Å². The van der Waals surface area contributed by atoms with Gasteiger partial charge in [-0.05, 0) is 44.5 Å². The molecule has 2 rings (SSSR count). The van der Waals surface area contributed by atoms with Crippen LogP contribution in [0, 0.1) is 0 Å². The van der Waals surface area contributed by atoms with E-state index in [-0.39, 0.29) is 0 Å². The van der Waals surface area contributed by atoms with Gasteiger partial charge in [-0.2, -0.15) is 0 Å². The maximum absolute atomic E-state index is 11.6. The minimum atomic E-state index is -0.495. The Morgan fingerprint density at radius 2 is 1.87 bits per heavy atom. The number of para-hydroxylation sites is 1. The maximum Gasteiger partial charge on any atom is 0.407 e. The second-order valence-corrected chi connectivity index (χ2v) is 6.27. The molecule has 122 valence electrons. The molecule has 0 fully saturated rings. The van der Waals surface area contributed by atoms with Crippen LogP contribution in [0.25, 0.3) is 0 Å². The molecule has 5 heteroatoms. The highest BCUT2D eigenvalue weighted by Crippen LogP contribution is 2.20. The van der Waals surface area contributed by atoms with Crippen molar-refractivity contribution >= 4 is 17.6 Å². The molecule has 0 spiro atoms. The van der Waals surface area contributed by atoms with Gasteiger partial charge in [0.2, 0.25) is 0 Å². The molecule has 23 heavy (non-hydrogen) atoms. The molecule has 2 aromatic rings. The highest BCUT2D eigenvalue weighted by Gasteiger charge is 2.15. The maximum atomic E-state index is 11.6. The number of carbonyl (C=O) groups is 1. The summed E-state index contributed by atoms with van der Waals surface area (Å²) >= 11 is 0. The number of anilines is 2. The molecule has 0 saturated heterocycles. The summed E-state index contributed by atoms with van der Waals surface area (Å²) in [5, 5.41) is 2.72. The van der Waals surface area contributed by atoms with Gasteiger partial charge in [-0.1, -0.05) is 24.3 Å². The zero-order valence-corrected chi connectivity index (χ0v) is 14.0. The highest BCUT2D eigenvalue weighted by atomic mass is 16.6. The van der Waals surface area contributed by atoms with Crippen molar-refractivity contribution in [2.45, 2.75) is 32.9 Å². The number of nitrogens with one attached hydrogen (secondary N) is 1. The summed E-state index contributed by atoms with van der Waals surface area (Å²) in [4.78, 5) is 18.1. The molecule has 1 aromatic heterocycles. The number of hydrogen-bond donors (Lipinski definition) is 1. The number of rotatable bonds is 4. The Kier molecular flexibility index (Phi) is 5.21. The van der Waals surface area contributed by atoms with Crippen LogP contribution in [-0.4, -0.2) is 23.7 Å². The molecule has 0 aliphatic rings. The third kappa shape index (κ3) is 5.29. The van der Waals surface area contributed by atoms with Gasteiger partial charge >= 0.3 is 6.09 Å². The first-order valence-electron chi connectivity index (χ1n) is 7.56. The molecule has 0 radical (unpaired) electrons. The number of pyridine rings is 1. The Balaban J connectivity index is 1.93. The average molecular weight is 313 g/mol. The molecule has 0 aliphatic heterocycles. The van der Waals surface area contributed by atoms with Crippen molar-refractivity contribution in [2.75, 3.05) is 11.9 Å². The fourth-order valence-electron chi connectivity index (χ4n) is 1.99. The van der Waals surface area contributed by atoms with E-state index in [1.807, 2.05) is 75.2 Å². The van der Waals surface area contributed by atoms with Gasteiger partial charge in [0.1, 0.15) is 11.4 Å². The molecule has 0 unspecified atom stereocenters. The number of aromatic nitrogens is 1. The van der Waals surface area contributed by atoms with Gasteiger partial charge in [-0.15, -0.1) is 0 Å². The lowest BCUT2D eigenvalue weighted by atomic mass is 10.2. The zero-order chi connectivity index (χ0) is 16.9. The van der Waals surface area contributed by atoms with Crippen molar-refractivity contribution in [3.8, 4) is 0 Å². The number of carbonyl (C=O) groups excluding carboxylic acids is 1. The standard InChI is InChI=1S/C18H23N3O2/c1-18(2,3)23-17(22)20-13-14-10-11-16(19-12-14)21(4)15-8-6-5-7-9-15/h5-12H,13H2,1-4H3,(H,20,22). The summed E-state index contributed by atoms with van der Waals surface area (Å²) in [5.41, 5.74) is 1.49. The molecular weight excluding hydrogens is 290 g/mol. The normalized spacial score (nSPS) is 11.0. The minimum absolute atomic E-state index is 0.386. The Bertz CT molecular complexity index is 634. The Morgan fingerprint density at radius 3 is 2.43 bits per heavy atom. The summed E-state index contributed by atoms with van der Waals surface area (Å²) in [7, 11) is 1.97. The van der Waals surface area contributed by atoms with Crippen molar-refractivity contribution in [2.24, 2.45) is 0 Å². The Morgan fingerprint density at radius 1 is 1.17 bits per heavy atom. The van der Waals surface area contributed by atoms with Gasteiger partial charge in [0.25, 0.3) is 0 Å². The van der Waals surface area contributed by atoms with Gasteiger partial charge < -0.3 is 15.0 Å². The third-order valence-corrected chi connectivity index (χ3v) is 3.13. The topological polar surface area (TPSA) is 54.5 Å². The van der Waals surface area contributed by atoms with Gasteiger partial charge in [0.05, 0.1) is 0 Å². The molecule has 1 amide bonds. The second-order valence-electron chi connectivity index (χ2n) is 6.27. The van der Waals surface area contributed by atoms with Crippen LogP contribution in [0.5, 0.6) is 0 Å². The molecule has 1 N–H and O–H groups in total. The first-order valence-corrected chi connectivity index (χ1v) is 7.56. The molecule has 0 bridgehead atoms. The number of alkyl carbamates (subject to hydrolysis) is 1. The molecule has 5 nitrogen and oxygen atoms in total. The number of amides is 1. The highest BCUT2D eigenvalue weighted by molar-refractivity contribution is 5.67. The van der Waals surface area contributed by atoms with Crippen LogP contribution in [0.1, 0.15) is 26.3 Å². The van der Waals surface area contributed by atoms with Gasteiger partial charge in [-0.25, -0.2) is 9.78 Å². The summed E-state index contributed by atoms with van der Waals surface area (Å²) in [6, 6.07) is 13.9. The lowest BCUT2D eigenvalue weighted by molar-refractivity contribution is 0.0523. The van der Waals surface area contributed by atoms with E-state index >= 15 is 0 Å². The van der Waals surface area contributed by atoms with Crippen LogP contribution < -0.4 is 10.2 Å². The molecule has 0 saturated carbocycles.